The van der Waals surface area contributed by atoms with Gasteiger partial charge in [0.2, 0.25) is 0 Å². The summed E-state index contributed by atoms with van der Waals surface area (Å²) in [6.45, 7) is 2.64. The maximum atomic E-state index is 8.77. The molecule has 0 saturated carbocycles. The van der Waals surface area contributed by atoms with Crippen molar-refractivity contribution in [3.8, 4) is 12.1 Å². The first-order valence-electron chi connectivity index (χ1n) is 6.95. The maximum absolute atomic E-state index is 8.77. The molecule has 0 spiro atoms. The number of hydrogen-bond acceptors (Lipinski definition) is 9. The highest BCUT2D eigenvalue weighted by molar-refractivity contribution is 5.77. The molecule has 0 unspecified atom stereocenters. The van der Waals surface area contributed by atoms with Crippen LogP contribution in [0.1, 0.15) is 18.6 Å². The number of nitrogens with two attached hydrogens (primary N) is 1. The molecular weight excluding hydrogens is 296 g/mol. The van der Waals surface area contributed by atoms with Crippen LogP contribution in [0.3, 0.4) is 0 Å². The molecule has 0 aliphatic heterocycles. The van der Waals surface area contributed by atoms with Crippen LogP contribution in [0.25, 0.3) is 0 Å². The summed E-state index contributed by atoms with van der Waals surface area (Å²) in [6.07, 6.45) is 1.98. The number of aryl methyl sites for hydroxylation is 1. The van der Waals surface area contributed by atoms with Crippen molar-refractivity contribution >= 4 is 23.1 Å². The lowest BCUT2D eigenvalue weighted by molar-refractivity contribution is 0.400. The lowest BCUT2D eigenvalue weighted by Crippen LogP contribution is -2.27. The topological polar surface area (TPSA) is 141 Å². The summed E-state index contributed by atoms with van der Waals surface area (Å²) in [5.41, 5.74) is 6.45. The maximum Gasteiger partial charge on any atom is 0.175 e. The highest BCUT2D eigenvalue weighted by Crippen LogP contribution is 2.28. The predicted molar refractivity (Wildman–Crippen MR) is 83.6 cm³/mol. The van der Waals surface area contributed by atoms with E-state index in [2.05, 4.69) is 32.6 Å². The zero-order valence-corrected chi connectivity index (χ0v) is 12.7. The van der Waals surface area contributed by atoms with Crippen LogP contribution >= 0.6 is 0 Å². The minimum absolute atomic E-state index is 0.306. The molecule has 0 aromatic carbocycles. The molecule has 0 fully saturated rings. The second-order valence-corrected chi connectivity index (χ2v) is 4.71. The van der Waals surface area contributed by atoms with Gasteiger partial charge in [-0.1, -0.05) is 5.16 Å². The van der Waals surface area contributed by atoms with Gasteiger partial charge in [0.15, 0.2) is 17.5 Å². The Morgan fingerprint density at radius 2 is 1.96 bits per heavy atom. The van der Waals surface area contributed by atoms with Gasteiger partial charge in [0.1, 0.15) is 17.8 Å². The highest BCUT2D eigenvalue weighted by Gasteiger charge is 2.16. The molecule has 23 heavy (non-hydrogen) atoms. The highest BCUT2D eigenvalue weighted by atomic mass is 16.5. The summed E-state index contributed by atoms with van der Waals surface area (Å²) in [5.74, 6) is 2.01. The van der Waals surface area contributed by atoms with E-state index in [9.17, 15) is 0 Å². The number of aromatic nitrogens is 3. The second-order valence-electron chi connectivity index (χ2n) is 4.71. The Balaban J connectivity index is 2.25. The van der Waals surface area contributed by atoms with Crippen molar-refractivity contribution in [3.63, 3.8) is 0 Å². The fourth-order valence-corrected chi connectivity index (χ4v) is 1.98. The Kier molecular flexibility index (Phi) is 5.31. The lowest BCUT2D eigenvalue weighted by atomic mass is 10.3. The Morgan fingerprint density at radius 1 is 1.26 bits per heavy atom. The monoisotopic (exact) mass is 312 g/mol. The molecule has 0 amide bonds. The van der Waals surface area contributed by atoms with Crippen molar-refractivity contribution in [2.24, 2.45) is 0 Å². The van der Waals surface area contributed by atoms with Crippen molar-refractivity contribution in [2.45, 2.75) is 19.8 Å². The molecule has 118 valence electrons. The van der Waals surface area contributed by atoms with Gasteiger partial charge in [0, 0.05) is 19.2 Å². The number of nitrogens with one attached hydrogen (secondary N) is 1. The van der Waals surface area contributed by atoms with E-state index in [-0.39, 0.29) is 0 Å². The van der Waals surface area contributed by atoms with Gasteiger partial charge in [-0.2, -0.15) is 10.5 Å². The van der Waals surface area contributed by atoms with E-state index in [1.54, 1.807) is 17.9 Å². The second kappa shape index (κ2) is 7.61. The fourth-order valence-electron chi connectivity index (χ4n) is 1.98. The van der Waals surface area contributed by atoms with Crippen molar-refractivity contribution < 1.29 is 4.52 Å². The van der Waals surface area contributed by atoms with Crippen LogP contribution in [0.15, 0.2) is 16.9 Å². The van der Waals surface area contributed by atoms with Crippen LogP contribution in [0.2, 0.25) is 0 Å². The molecule has 2 aromatic heterocycles. The molecule has 3 N–H and O–H groups in total. The summed E-state index contributed by atoms with van der Waals surface area (Å²) >= 11 is 0. The molecule has 2 aromatic rings. The van der Waals surface area contributed by atoms with E-state index in [1.165, 1.54) is 6.33 Å². The number of anilines is 4. The molecule has 0 aliphatic rings. The third-order valence-corrected chi connectivity index (χ3v) is 3.02. The Labute approximate surface area is 133 Å². The Hall–Kier alpha value is -3.33. The SMILES string of the molecule is Cc1cc(Nc2ncnc(N(CCC#N)CCC#N)c2N)no1. The van der Waals surface area contributed by atoms with Gasteiger partial charge in [-0.3, -0.25) is 0 Å². The average molecular weight is 312 g/mol. The van der Waals surface area contributed by atoms with Crippen molar-refractivity contribution in [3.05, 3.63) is 18.2 Å². The standard InChI is InChI=1S/C14H16N8O/c1-10-8-11(21-23-10)20-13-12(17)14(19-9-18-13)22(6-2-4-15)7-3-5-16/h8-9H,2-3,6-7,17H2,1H3,(H,18,19,20,21). The minimum Gasteiger partial charge on any atom is -0.393 e. The van der Waals surface area contributed by atoms with E-state index >= 15 is 0 Å². The van der Waals surface area contributed by atoms with Crippen LogP contribution in [0.4, 0.5) is 23.1 Å². The van der Waals surface area contributed by atoms with Crippen LogP contribution in [-0.2, 0) is 0 Å². The van der Waals surface area contributed by atoms with Crippen LogP contribution in [0, 0.1) is 29.6 Å². The Bertz CT molecular complexity index is 724. The molecule has 0 aliphatic carbocycles. The van der Waals surface area contributed by atoms with Crippen LogP contribution in [-0.4, -0.2) is 28.2 Å². The zero-order valence-electron chi connectivity index (χ0n) is 12.7. The summed E-state index contributed by atoms with van der Waals surface area (Å²) < 4.78 is 4.98. The van der Waals surface area contributed by atoms with Gasteiger partial charge in [-0.05, 0) is 6.92 Å². The summed E-state index contributed by atoms with van der Waals surface area (Å²) in [4.78, 5) is 10.1. The third-order valence-electron chi connectivity index (χ3n) is 3.02. The number of hydrogen-bond donors (Lipinski definition) is 2. The average Bonchev–Trinajstić information content (AvgIpc) is 2.95. The molecule has 0 saturated heterocycles. The molecule has 0 atom stereocenters. The first-order valence-corrected chi connectivity index (χ1v) is 6.95. The van der Waals surface area contributed by atoms with Gasteiger partial charge in [-0.15, -0.1) is 0 Å². The molecule has 2 rings (SSSR count). The van der Waals surface area contributed by atoms with Gasteiger partial charge in [0.05, 0.1) is 25.0 Å². The molecule has 2 heterocycles. The van der Waals surface area contributed by atoms with Gasteiger partial charge >= 0.3 is 0 Å². The fraction of sp³-hybridized carbons (Fsp3) is 0.357. The lowest BCUT2D eigenvalue weighted by Gasteiger charge is -2.23. The summed E-state index contributed by atoms with van der Waals surface area (Å²) in [5, 5.41) is 24.3. The van der Waals surface area contributed by atoms with E-state index in [1.807, 2.05) is 0 Å². The smallest absolute Gasteiger partial charge is 0.175 e. The molecule has 0 radical (unpaired) electrons. The number of rotatable bonds is 7. The first kappa shape index (κ1) is 16.0. The normalized spacial score (nSPS) is 9.87. The molecule has 9 heteroatoms. The number of nitrogen functional groups attached to an aromatic ring is 1. The number of nitrogens with zero attached hydrogens (tertiary/aromatic N) is 6. The van der Waals surface area contributed by atoms with E-state index in [0.717, 1.165) is 0 Å². The molecule has 9 nitrogen and oxygen atoms in total. The molecular formula is C14H16N8O. The largest absolute Gasteiger partial charge is 0.393 e. The van der Waals surface area contributed by atoms with Gasteiger partial charge in [0.25, 0.3) is 0 Å². The van der Waals surface area contributed by atoms with E-state index in [4.69, 9.17) is 20.8 Å². The number of nitriles is 2. The van der Waals surface area contributed by atoms with Gasteiger partial charge < -0.3 is 20.5 Å². The summed E-state index contributed by atoms with van der Waals surface area (Å²) in [6, 6.07) is 5.86. The molecule has 0 bridgehead atoms. The van der Waals surface area contributed by atoms with Crippen molar-refractivity contribution in [1.82, 2.24) is 15.1 Å². The Morgan fingerprint density at radius 3 is 2.52 bits per heavy atom. The third kappa shape index (κ3) is 4.08. The van der Waals surface area contributed by atoms with Crippen molar-refractivity contribution in [1.29, 1.82) is 10.5 Å². The van der Waals surface area contributed by atoms with Crippen LogP contribution < -0.4 is 16.0 Å². The van der Waals surface area contributed by atoms with Crippen molar-refractivity contribution in [2.75, 3.05) is 29.0 Å². The summed E-state index contributed by atoms with van der Waals surface area (Å²) in [7, 11) is 0. The van der Waals surface area contributed by atoms with Gasteiger partial charge in [-0.25, -0.2) is 9.97 Å². The quantitative estimate of drug-likeness (QED) is 0.781. The minimum atomic E-state index is 0.306. The predicted octanol–water partition coefficient (Wildman–Crippen LogP) is 1.73. The van der Waals surface area contributed by atoms with E-state index < -0.39 is 0 Å². The van der Waals surface area contributed by atoms with E-state index in [0.29, 0.717) is 54.8 Å². The first-order chi connectivity index (χ1) is 11.2. The zero-order chi connectivity index (χ0) is 16.7. The van der Waals surface area contributed by atoms with Crippen LogP contribution in [0.5, 0.6) is 0 Å².